The van der Waals surface area contributed by atoms with Crippen molar-refractivity contribution in [3.63, 3.8) is 0 Å². The predicted octanol–water partition coefficient (Wildman–Crippen LogP) is 6.48. The summed E-state index contributed by atoms with van der Waals surface area (Å²) in [5, 5.41) is 4.73. The number of aliphatic imine (C=N–C) groups is 1. The number of oxazole rings is 1. The number of amides is 2. The van der Waals surface area contributed by atoms with Crippen molar-refractivity contribution in [1.82, 2.24) is 10.3 Å². The summed E-state index contributed by atoms with van der Waals surface area (Å²) in [6.45, 7) is 6.38. The molecule has 3 rings (SSSR count). The summed E-state index contributed by atoms with van der Waals surface area (Å²) in [6, 6.07) is 8.50. The average molecular weight is 567 g/mol. The van der Waals surface area contributed by atoms with Crippen LogP contribution in [0.1, 0.15) is 26.3 Å². The zero-order valence-corrected chi connectivity index (χ0v) is 21.5. The van der Waals surface area contributed by atoms with Crippen molar-refractivity contribution >= 4 is 35.3 Å². The number of hydrogen-bond acceptors (Lipinski definition) is 5. The topological polar surface area (TPSA) is 96.6 Å². The molecule has 2 aromatic carbocycles. The van der Waals surface area contributed by atoms with Crippen LogP contribution in [0.5, 0.6) is 0 Å². The number of anilines is 1. The van der Waals surface area contributed by atoms with Crippen LogP contribution in [0, 0.1) is 0 Å². The Bertz CT molecular complexity index is 1500. The highest BCUT2D eigenvalue weighted by Gasteiger charge is 2.31. The van der Waals surface area contributed by atoms with Gasteiger partial charge in [0.05, 0.1) is 11.1 Å². The van der Waals surface area contributed by atoms with Crippen molar-refractivity contribution in [1.29, 1.82) is 0 Å². The molecule has 0 aliphatic heterocycles. The van der Waals surface area contributed by atoms with Crippen molar-refractivity contribution in [2.75, 3.05) is 11.9 Å². The van der Waals surface area contributed by atoms with Crippen molar-refractivity contribution < 1.29 is 40.3 Å². The van der Waals surface area contributed by atoms with E-state index < -0.39 is 46.9 Å². The van der Waals surface area contributed by atoms with Gasteiger partial charge in [-0.15, -0.1) is 0 Å². The van der Waals surface area contributed by atoms with E-state index in [1.807, 2.05) is 0 Å². The molecule has 1 heterocycles. The van der Waals surface area contributed by atoms with Gasteiger partial charge in [0.1, 0.15) is 11.2 Å². The second-order valence-electron chi connectivity index (χ2n) is 9.14. The number of rotatable bonds is 9. The van der Waals surface area contributed by atoms with E-state index in [4.69, 9.17) is 4.42 Å². The molecule has 2 amide bonds. The van der Waals surface area contributed by atoms with Crippen LogP contribution in [0.25, 0.3) is 22.6 Å². The van der Waals surface area contributed by atoms with E-state index in [2.05, 4.69) is 27.3 Å². The third kappa shape index (κ3) is 7.36. The first kappa shape index (κ1) is 30.1. The first-order valence-electron chi connectivity index (χ1n) is 11.6. The maximum absolute atomic E-state index is 13.7. The summed E-state index contributed by atoms with van der Waals surface area (Å²) in [6.07, 6.45) is -6.67. The quantitative estimate of drug-likeness (QED) is 0.134. The van der Waals surface area contributed by atoms with Gasteiger partial charge in [-0.25, -0.2) is 18.2 Å². The Hall–Kier alpha value is -4.42. The van der Waals surface area contributed by atoms with E-state index in [0.717, 1.165) is 32.1 Å². The van der Waals surface area contributed by atoms with Crippen molar-refractivity contribution in [2.45, 2.75) is 39.0 Å². The summed E-state index contributed by atoms with van der Waals surface area (Å²) >= 11 is 0. The molecule has 2 N–H and O–H groups in total. The van der Waals surface area contributed by atoms with Gasteiger partial charge >= 0.3 is 6.18 Å². The molecule has 0 aliphatic rings. The lowest BCUT2D eigenvalue weighted by Gasteiger charge is -2.15. The van der Waals surface area contributed by atoms with E-state index in [0.29, 0.717) is 0 Å². The minimum absolute atomic E-state index is 0.0734. The molecule has 0 atom stereocenters. The van der Waals surface area contributed by atoms with E-state index in [1.165, 1.54) is 37.3 Å². The van der Waals surface area contributed by atoms with Crippen molar-refractivity contribution in [3.8, 4) is 11.5 Å². The molecule has 0 saturated carbocycles. The molecule has 0 bridgehead atoms. The van der Waals surface area contributed by atoms with Crippen LogP contribution in [-0.2, 0) is 15.8 Å². The molecule has 13 heteroatoms. The Morgan fingerprint density at radius 1 is 1.12 bits per heavy atom. The van der Waals surface area contributed by atoms with Gasteiger partial charge in [-0.3, -0.25) is 14.6 Å². The van der Waals surface area contributed by atoms with Crippen molar-refractivity contribution in [3.05, 3.63) is 70.9 Å². The average Bonchev–Trinajstić information content (AvgIpc) is 3.29. The van der Waals surface area contributed by atoms with Crippen LogP contribution in [0.4, 0.5) is 32.0 Å². The SMILES string of the molecule is C=N/C(=C(\C=C(/C)CNC(=O)C(C)(C)F)C(=O)Nc1ccc2oc(-c3cccc(C(F)(F)F)c3)nc2c1)C(F)F. The van der Waals surface area contributed by atoms with E-state index >= 15 is 0 Å². The highest BCUT2D eigenvalue weighted by molar-refractivity contribution is 6.07. The molecule has 0 spiro atoms. The third-order valence-electron chi connectivity index (χ3n) is 5.44. The van der Waals surface area contributed by atoms with Crippen LogP contribution in [0.2, 0.25) is 0 Å². The zero-order chi connectivity index (χ0) is 29.8. The summed E-state index contributed by atoms with van der Waals surface area (Å²) in [4.78, 5) is 32.2. The number of nitrogens with one attached hydrogen (secondary N) is 2. The molecule has 0 unspecified atom stereocenters. The lowest BCUT2D eigenvalue weighted by atomic mass is 10.1. The second kappa shape index (κ2) is 11.8. The van der Waals surface area contributed by atoms with Crippen LogP contribution < -0.4 is 10.6 Å². The summed E-state index contributed by atoms with van der Waals surface area (Å²) in [5.74, 6) is -2.03. The summed E-state index contributed by atoms with van der Waals surface area (Å²) in [7, 11) is 0. The maximum atomic E-state index is 13.7. The first-order chi connectivity index (χ1) is 18.6. The highest BCUT2D eigenvalue weighted by atomic mass is 19.4. The Kier molecular flexibility index (Phi) is 8.86. The lowest BCUT2D eigenvalue weighted by molar-refractivity contribution is -0.137. The Morgan fingerprint density at radius 3 is 2.42 bits per heavy atom. The van der Waals surface area contributed by atoms with E-state index in [1.54, 1.807) is 0 Å². The predicted molar refractivity (Wildman–Crippen MR) is 138 cm³/mol. The Morgan fingerprint density at radius 2 is 1.82 bits per heavy atom. The number of carbonyl (C=O) groups excluding carboxylic acids is 2. The molecule has 0 radical (unpaired) electrons. The minimum Gasteiger partial charge on any atom is -0.436 e. The van der Waals surface area contributed by atoms with Gasteiger partial charge < -0.3 is 15.1 Å². The van der Waals surface area contributed by atoms with Gasteiger partial charge in [0, 0.05) is 17.8 Å². The van der Waals surface area contributed by atoms with Crippen LogP contribution in [-0.4, -0.2) is 42.2 Å². The van der Waals surface area contributed by atoms with Gasteiger partial charge in [0.2, 0.25) is 5.89 Å². The molecule has 40 heavy (non-hydrogen) atoms. The molecule has 1 aromatic heterocycles. The van der Waals surface area contributed by atoms with Gasteiger partial charge in [-0.05, 0) is 70.0 Å². The number of aromatic nitrogens is 1. The molecule has 7 nitrogen and oxygen atoms in total. The number of halogens is 6. The minimum atomic E-state index is -4.57. The van der Waals surface area contributed by atoms with Gasteiger partial charge in [-0.2, -0.15) is 13.2 Å². The van der Waals surface area contributed by atoms with Crippen LogP contribution in [0.3, 0.4) is 0 Å². The summed E-state index contributed by atoms with van der Waals surface area (Å²) in [5.41, 5.74) is -3.75. The molecule has 0 saturated heterocycles. The second-order valence-corrected chi connectivity index (χ2v) is 9.14. The zero-order valence-electron chi connectivity index (χ0n) is 21.5. The molecule has 0 fully saturated rings. The number of benzene rings is 2. The van der Waals surface area contributed by atoms with Gasteiger partial charge in [0.15, 0.2) is 11.3 Å². The van der Waals surface area contributed by atoms with Gasteiger partial charge in [-0.1, -0.05) is 11.6 Å². The standard InChI is InChI=1S/C27H24F6N4O3/c1-14(13-35-25(39)26(2,3)30)10-18(21(34-4)22(28)29)23(38)36-17-8-9-20-19(12-17)37-24(40-20)15-6-5-7-16(11-15)27(31,32)33/h5-12,22H,4,13H2,1-3H3,(H,35,39)(H,36,38)/b14-10+,21-18+. The molecule has 3 aromatic rings. The molecule has 0 aliphatic carbocycles. The monoisotopic (exact) mass is 566 g/mol. The fraction of sp³-hybridized carbons (Fsp3) is 0.259. The first-order valence-corrected chi connectivity index (χ1v) is 11.6. The van der Waals surface area contributed by atoms with Crippen molar-refractivity contribution in [2.24, 2.45) is 4.99 Å². The van der Waals surface area contributed by atoms with Gasteiger partial charge in [0.25, 0.3) is 18.2 Å². The number of nitrogens with zero attached hydrogens (tertiary/aromatic N) is 2. The molecule has 212 valence electrons. The molecular weight excluding hydrogens is 542 g/mol. The fourth-order valence-corrected chi connectivity index (χ4v) is 3.41. The number of hydrogen-bond donors (Lipinski definition) is 2. The number of fused-ring (bicyclic) bond motifs is 1. The third-order valence-corrected chi connectivity index (χ3v) is 5.44. The number of carbonyl (C=O) groups is 2. The molecular formula is C27H24F6N4O3. The maximum Gasteiger partial charge on any atom is 0.416 e. The largest absolute Gasteiger partial charge is 0.436 e. The smallest absolute Gasteiger partial charge is 0.416 e. The van der Waals surface area contributed by atoms with Crippen LogP contribution in [0.15, 0.2) is 74.8 Å². The van der Waals surface area contributed by atoms with E-state index in [-0.39, 0.29) is 40.4 Å². The summed E-state index contributed by atoms with van der Waals surface area (Å²) < 4.78 is 85.8. The van der Waals surface area contributed by atoms with E-state index in [9.17, 15) is 35.9 Å². The Labute approximate surface area is 224 Å². The number of alkyl halides is 6. The highest BCUT2D eigenvalue weighted by Crippen LogP contribution is 2.33. The number of allylic oxidation sites excluding steroid dienone is 1. The van der Waals surface area contributed by atoms with Crippen LogP contribution >= 0.6 is 0 Å². The fourth-order valence-electron chi connectivity index (χ4n) is 3.41. The Balaban J connectivity index is 1.89. The lowest BCUT2D eigenvalue weighted by Crippen LogP contribution is -2.39. The normalized spacial score (nSPS) is 13.3.